The Bertz CT molecular complexity index is 505. The van der Waals surface area contributed by atoms with E-state index in [4.69, 9.17) is 0 Å². The van der Waals surface area contributed by atoms with Gasteiger partial charge in [-0.05, 0) is 19.1 Å². The van der Waals surface area contributed by atoms with Gasteiger partial charge in [0.15, 0.2) is 0 Å². The van der Waals surface area contributed by atoms with E-state index < -0.39 is 0 Å². The number of rotatable bonds is 2. The lowest BCUT2D eigenvalue weighted by molar-refractivity contribution is -0.130. The molecular formula is C13H15N3O2. The minimum Gasteiger partial charge on any atom is -0.321 e. The summed E-state index contributed by atoms with van der Waals surface area (Å²) in [5.74, 6) is -0.319. The molecule has 0 fully saturated rings. The molecule has 0 spiro atoms. The molecule has 0 radical (unpaired) electrons. The highest BCUT2D eigenvalue weighted by Gasteiger charge is 2.21. The second-order valence-electron chi connectivity index (χ2n) is 4.28. The quantitative estimate of drug-likeness (QED) is 0.859. The molecule has 0 saturated carbocycles. The normalized spacial score (nSPS) is 15.3. The van der Waals surface area contributed by atoms with Crippen LogP contribution < -0.4 is 5.32 Å². The zero-order chi connectivity index (χ0) is 13.1. The molecule has 2 amide bonds. The lowest BCUT2D eigenvalue weighted by Gasteiger charge is -2.18. The van der Waals surface area contributed by atoms with Crippen molar-refractivity contribution in [3.63, 3.8) is 0 Å². The van der Waals surface area contributed by atoms with Crippen LogP contribution >= 0.6 is 0 Å². The van der Waals surface area contributed by atoms with Crippen LogP contribution in [0.25, 0.3) is 0 Å². The van der Waals surface area contributed by atoms with Gasteiger partial charge >= 0.3 is 0 Å². The van der Waals surface area contributed by atoms with E-state index in [0.717, 1.165) is 11.3 Å². The van der Waals surface area contributed by atoms with Crippen molar-refractivity contribution in [3.8, 4) is 0 Å². The zero-order valence-electron chi connectivity index (χ0n) is 10.4. The van der Waals surface area contributed by atoms with Gasteiger partial charge in [0.05, 0.1) is 0 Å². The topological polar surface area (TPSA) is 61.8 Å². The van der Waals surface area contributed by atoms with Crippen molar-refractivity contribution in [2.45, 2.75) is 19.8 Å². The molecule has 0 aliphatic carbocycles. The average molecular weight is 245 g/mol. The first-order valence-corrected chi connectivity index (χ1v) is 5.78. The maximum Gasteiger partial charge on any atom is 0.271 e. The Morgan fingerprint density at radius 1 is 1.28 bits per heavy atom. The summed E-state index contributed by atoms with van der Waals surface area (Å²) in [6.45, 7) is 1.98. The van der Waals surface area contributed by atoms with Crippen molar-refractivity contribution in [2.24, 2.45) is 5.10 Å². The molecule has 1 aliphatic rings. The van der Waals surface area contributed by atoms with Crippen LogP contribution in [0.3, 0.4) is 0 Å². The van der Waals surface area contributed by atoms with Crippen molar-refractivity contribution in [1.82, 2.24) is 5.01 Å². The Labute approximate surface area is 105 Å². The highest BCUT2D eigenvalue weighted by molar-refractivity contribution is 6.43. The van der Waals surface area contributed by atoms with Crippen molar-refractivity contribution < 1.29 is 9.59 Å². The maximum atomic E-state index is 11.9. The molecule has 2 rings (SSSR count). The van der Waals surface area contributed by atoms with E-state index in [1.54, 1.807) is 7.05 Å². The lowest BCUT2D eigenvalue weighted by atomic mass is 10.1. The fraction of sp³-hybridized carbons (Fsp3) is 0.308. The Kier molecular flexibility index (Phi) is 3.41. The first kappa shape index (κ1) is 12.3. The third-order valence-corrected chi connectivity index (χ3v) is 2.78. The number of amides is 2. The van der Waals surface area contributed by atoms with Gasteiger partial charge in [-0.3, -0.25) is 9.59 Å². The fourth-order valence-corrected chi connectivity index (χ4v) is 1.67. The van der Waals surface area contributed by atoms with Crippen LogP contribution in [-0.4, -0.2) is 29.6 Å². The highest BCUT2D eigenvalue weighted by Crippen LogP contribution is 2.11. The predicted molar refractivity (Wildman–Crippen MR) is 69.2 cm³/mol. The number of carbonyl (C=O) groups is 2. The summed E-state index contributed by atoms with van der Waals surface area (Å²) in [4.78, 5) is 23.2. The summed E-state index contributed by atoms with van der Waals surface area (Å²) >= 11 is 0. The third-order valence-electron chi connectivity index (χ3n) is 2.78. The Balaban J connectivity index is 2.06. The number of hydrazone groups is 1. The van der Waals surface area contributed by atoms with E-state index in [9.17, 15) is 9.59 Å². The molecule has 1 aliphatic heterocycles. The first-order chi connectivity index (χ1) is 8.56. The molecule has 0 unspecified atom stereocenters. The minimum absolute atomic E-state index is 0.0677. The predicted octanol–water partition coefficient (Wildman–Crippen LogP) is 1.54. The maximum absolute atomic E-state index is 11.9. The van der Waals surface area contributed by atoms with Gasteiger partial charge < -0.3 is 5.32 Å². The van der Waals surface area contributed by atoms with E-state index >= 15 is 0 Å². The number of hydrogen-bond donors (Lipinski definition) is 1. The van der Waals surface area contributed by atoms with Crippen LogP contribution in [0.5, 0.6) is 0 Å². The van der Waals surface area contributed by atoms with Crippen LogP contribution in [0.1, 0.15) is 18.4 Å². The number of benzene rings is 1. The van der Waals surface area contributed by atoms with E-state index in [-0.39, 0.29) is 11.8 Å². The largest absolute Gasteiger partial charge is 0.321 e. The number of nitrogens with zero attached hydrogens (tertiary/aromatic N) is 2. The van der Waals surface area contributed by atoms with Crippen molar-refractivity contribution in [3.05, 3.63) is 29.8 Å². The summed E-state index contributed by atoms with van der Waals surface area (Å²) in [6.07, 6.45) is 0.720. The van der Waals surface area contributed by atoms with Gasteiger partial charge in [-0.15, -0.1) is 0 Å². The molecular weight excluding hydrogens is 230 g/mol. The molecule has 1 aromatic carbocycles. The smallest absolute Gasteiger partial charge is 0.271 e. The van der Waals surface area contributed by atoms with Gasteiger partial charge in [0, 0.05) is 25.6 Å². The second kappa shape index (κ2) is 5.00. The molecule has 1 heterocycles. The van der Waals surface area contributed by atoms with E-state index in [2.05, 4.69) is 10.4 Å². The molecule has 5 heteroatoms. The molecule has 0 aromatic heterocycles. The van der Waals surface area contributed by atoms with E-state index in [1.807, 2.05) is 31.2 Å². The molecule has 5 nitrogen and oxygen atoms in total. The van der Waals surface area contributed by atoms with Gasteiger partial charge in [0.25, 0.3) is 5.91 Å². The van der Waals surface area contributed by atoms with E-state index in [1.165, 1.54) is 5.01 Å². The minimum atomic E-state index is -0.252. The van der Waals surface area contributed by atoms with Crippen molar-refractivity contribution in [1.29, 1.82) is 0 Å². The summed E-state index contributed by atoms with van der Waals surface area (Å²) < 4.78 is 0. The fourth-order valence-electron chi connectivity index (χ4n) is 1.67. The Morgan fingerprint density at radius 2 is 1.94 bits per heavy atom. The Hall–Kier alpha value is -2.17. The number of aryl methyl sites for hydroxylation is 1. The molecule has 1 aromatic rings. The molecule has 18 heavy (non-hydrogen) atoms. The third kappa shape index (κ3) is 2.74. The van der Waals surface area contributed by atoms with Crippen LogP contribution in [0, 0.1) is 6.92 Å². The van der Waals surface area contributed by atoms with Gasteiger partial charge in [0.2, 0.25) is 5.91 Å². The van der Waals surface area contributed by atoms with Crippen LogP contribution in [-0.2, 0) is 9.59 Å². The molecule has 94 valence electrons. The van der Waals surface area contributed by atoms with E-state index in [0.29, 0.717) is 18.6 Å². The molecule has 0 bridgehead atoms. The standard InChI is InChI=1S/C13H15N3O2/c1-9-3-5-10(6-4-9)14-13(18)11-7-8-12(17)16(2)15-11/h3-6H,7-8H2,1-2H3,(H,14,18). The van der Waals surface area contributed by atoms with Crippen LogP contribution in [0.2, 0.25) is 0 Å². The van der Waals surface area contributed by atoms with Crippen LogP contribution in [0.4, 0.5) is 5.69 Å². The van der Waals surface area contributed by atoms with Crippen molar-refractivity contribution in [2.75, 3.05) is 12.4 Å². The average Bonchev–Trinajstić information content (AvgIpc) is 2.35. The molecule has 0 saturated heterocycles. The number of carbonyl (C=O) groups excluding carboxylic acids is 2. The number of hydrogen-bond acceptors (Lipinski definition) is 3. The second-order valence-corrected chi connectivity index (χ2v) is 4.28. The summed E-state index contributed by atoms with van der Waals surface area (Å²) in [5.41, 5.74) is 2.25. The monoisotopic (exact) mass is 245 g/mol. The number of anilines is 1. The van der Waals surface area contributed by atoms with Gasteiger partial charge in [-0.2, -0.15) is 5.10 Å². The van der Waals surface area contributed by atoms with Gasteiger partial charge in [-0.25, -0.2) is 5.01 Å². The summed E-state index contributed by atoms with van der Waals surface area (Å²) in [5, 5.41) is 7.95. The van der Waals surface area contributed by atoms with Crippen molar-refractivity contribution >= 4 is 23.2 Å². The Morgan fingerprint density at radius 3 is 2.56 bits per heavy atom. The first-order valence-electron chi connectivity index (χ1n) is 5.78. The zero-order valence-corrected chi connectivity index (χ0v) is 10.4. The molecule has 0 atom stereocenters. The van der Waals surface area contributed by atoms with Gasteiger partial charge in [0.1, 0.15) is 5.71 Å². The highest BCUT2D eigenvalue weighted by atomic mass is 16.2. The molecule has 1 N–H and O–H groups in total. The van der Waals surface area contributed by atoms with Gasteiger partial charge in [-0.1, -0.05) is 17.7 Å². The summed E-state index contributed by atoms with van der Waals surface area (Å²) in [6, 6.07) is 7.53. The SMILES string of the molecule is Cc1ccc(NC(=O)C2=NN(C)C(=O)CC2)cc1. The summed E-state index contributed by atoms with van der Waals surface area (Å²) in [7, 11) is 1.56. The van der Waals surface area contributed by atoms with Crippen LogP contribution in [0.15, 0.2) is 29.4 Å². The number of nitrogens with one attached hydrogen (secondary N) is 1. The lowest BCUT2D eigenvalue weighted by Crippen LogP contribution is -2.34.